The number of anilines is 6. The summed E-state index contributed by atoms with van der Waals surface area (Å²) in [6, 6.07) is 71.3. The third-order valence-corrected chi connectivity index (χ3v) is 15.5. The molecule has 0 radical (unpaired) electrons. The van der Waals surface area contributed by atoms with Gasteiger partial charge in [-0.25, -0.2) is 0 Å². The summed E-state index contributed by atoms with van der Waals surface area (Å²) in [4.78, 5) is 4.75. The molecule has 0 fully saturated rings. The highest BCUT2D eigenvalue weighted by molar-refractivity contribution is 6.32. The number of hydrogen-bond donors (Lipinski definition) is 0. The maximum Gasteiger partial charge on any atom is 0.159 e. The molecule has 0 atom stereocenters. The van der Waals surface area contributed by atoms with Gasteiger partial charge < -0.3 is 23.0 Å². The predicted molar refractivity (Wildman–Crippen MR) is 309 cm³/mol. The second-order valence-corrected chi connectivity index (χ2v) is 21.7. The summed E-state index contributed by atoms with van der Waals surface area (Å²) in [6.45, 7) is 15.9. The minimum Gasteiger partial charge on any atom is -0.454 e. The zero-order valence-electron chi connectivity index (χ0n) is 42.3. The van der Waals surface area contributed by atoms with E-state index in [9.17, 15) is 0 Å². The molecule has 14 aromatic rings. The van der Waals surface area contributed by atoms with Crippen LogP contribution < -0.4 is 9.80 Å². The van der Waals surface area contributed by atoms with Crippen LogP contribution in [0, 0.1) is 0 Å². The highest BCUT2D eigenvalue weighted by atomic mass is 16.3. The van der Waals surface area contributed by atoms with E-state index in [4.69, 9.17) is 8.83 Å². The van der Waals surface area contributed by atoms with E-state index in [0.29, 0.717) is 11.8 Å². The van der Waals surface area contributed by atoms with E-state index in [0.717, 1.165) is 83.5 Å². The van der Waals surface area contributed by atoms with E-state index < -0.39 is 0 Å². The maximum absolute atomic E-state index is 7.00. The minimum absolute atomic E-state index is 0.0547. The molecule has 73 heavy (non-hydrogen) atoms. The van der Waals surface area contributed by atoms with Crippen molar-refractivity contribution < 1.29 is 8.83 Å². The lowest BCUT2D eigenvalue weighted by molar-refractivity contribution is 0.591. The van der Waals surface area contributed by atoms with E-state index in [1.165, 1.54) is 60.0 Å². The third-order valence-electron chi connectivity index (χ3n) is 15.5. The Bertz CT molecular complexity index is 4490. The van der Waals surface area contributed by atoms with Crippen LogP contribution in [0.5, 0.6) is 0 Å². The van der Waals surface area contributed by atoms with Crippen LogP contribution in [0.15, 0.2) is 203 Å². The summed E-state index contributed by atoms with van der Waals surface area (Å²) in [7, 11) is 0. The number of nitrogens with zero attached hydrogens (tertiary/aromatic N) is 3. The van der Waals surface area contributed by atoms with E-state index in [1.807, 2.05) is 0 Å². The number of para-hydroxylation sites is 6. The van der Waals surface area contributed by atoms with E-state index in [2.05, 4.69) is 257 Å². The van der Waals surface area contributed by atoms with Crippen LogP contribution >= 0.6 is 0 Å². The number of fused-ring (bicyclic) bond motifs is 14. The van der Waals surface area contributed by atoms with Crippen molar-refractivity contribution in [2.45, 2.75) is 65.7 Å². The molecule has 0 N–H and O–H groups in total. The number of rotatable bonds is 8. The van der Waals surface area contributed by atoms with Crippen molar-refractivity contribution in [1.82, 2.24) is 4.40 Å². The van der Waals surface area contributed by atoms with Gasteiger partial charge in [-0.15, -0.1) is 0 Å². The van der Waals surface area contributed by atoms with Crippen molar-refractivity contribution in [3.8, 4) is 0 Å². The lowest BCUT2D eigenvalue weighted by Crippen LogP contribution is -2.10. The molecule has 354 valence electrons. The first kappa shape index (κ1) is 43.3. The lowest BCUT2D eigenvalue weighted by Gasteiger charge is -2.26. The standard InChI is InChI=1S/C68H55N3O2/c1-40(2)48-22-14-24-51-53-26-16-28-58(66(53)72-64(48)51)69(44-18-10-8-11-19-44)46-32-30-42-36-57-50-35-33-47(39-61(50)71-60-37-43(68(5,6)7)31-34-55(60)62(63(57)71)56(42)38-46)70(45-20-12-9-13-21-45)59-29-17-27-54-52-25-15-23-49(41(3)4)65(52)73-67(54)59/h8-41H,1-7H3. The van der Waals surface area contributed by atoms with Gasteiger partial charge >= 0.3 is 0 Å². The molecule has 0 saturated carbocycles. The van der Waals surface area contributed by atoms with Gasteiger partial charge in [0, 0.05) is 65.8 Å². The summed E-state index contributed by atoms with van der Waals surface area (Å²) in [5.41, 5.74) is 17.2. The molecule has 0 spiro atoms. The molecular formula is C68H55N3O2. The predicted octanol–water partition coefficient (Wildman–Crippen LogP) is 20.3. The summed E-state index contributed by atoms with van der Waals surface area (Å²) in [5, 5.41) is 11.9. The average Bonchev–Trinajstić information content (AvgIpc) is 4.17. The maximum atomic E-state index is 7.00. The second-order valence-electron chi connectivity index (χ2n) is 21.7. The average molecular weight is 946 g/mol. The molecular weight excluding hydrogens is 891 g/mol. The second kappa shape index (κ2) is 16.0. The topological polar surface area (TPSA) is 37.2 Å². The molecule has 0 bridgehead atoms. The van der Waals surface area contributed by atoms with E-state index in [1.54, 1.807) is 0 Å². The van der Waals surface area contributed by atoms with Gasteiger partial charge in [-0.2, -0.15) is 0 Å². The van der Waals surface area contributed by atoms with Gasteiger partial charge in [0.25, 0.3) is 0 Å². The number of furan rings is 2. The van der Waals surface area contributed by atoms with Gasteiger partial charge in [-0.3, -0.25) is 0 Å². The molecule has 4 heterocycles. The Balaban J connectivity index is 1.03. The highest BCUT2D eigenvalue weighted by Crippen LogP contribution is 2.50. The Kier molecular flexibility index (Phi) is 9.47. The van der Waals surface area contributed by atoms with Crippen molar-refractivity contribution in [2.75, 3.05) is 9.80 Å². The molecule has 0 aliphatic carbocycles. The highest BCUT2D eigenvalue weighted by Gasteiger charge is 2.27. The van der Waals surface area contributed by atoms with Crippen LogP contribution in [0.4, 0.5) is 34.1 Å². The molecule has 5 heteroatoms. The monoisotopic (exact) mass is 945 g/mol. The number of hydrogen-bond acceptors (Lipinski definition) is 4. The van der Waals surface area contributed by atoms with Crippen LogP contribution in [0.2, 0.25) is 0 Å². The van der Waals surface area contributed by atoms with Gasteiger partial charge in [0.2, 0.25) is 0 Å². The van der Waals surface area contributed by atoms with Gasteiger partial charge in [0.05, 0.1) is 27.9 Å². The summed E-state index contributed by atoms with van der Waals surface area (Å²) < 4.78 is 16.5. The zero-order valence-corrected chi connectivity index (χ0v) is 42.3. The number of aromatic nitrogens is 1. The largest absolute Gasteiger partial charge is 0.454 e. The SMILES string of the molecule is CC(C)c1cccc2c1oc1c(N(c3ccccc3)c3ccc4cc5c6ccc(N(c7ccccc7)c7cccc8c7oc7c(C(C)C)cccc78)cc6n6c7cc(C(C)(C)C)ccc7c(c4c3)c56)cccc12. The first-order chi connectivity index (χ1) is 35.5. The van der Waals surface area contributed by atoms with Crippen molar-refractivity contribution in [3.63, 3.8) is 0 Å². The van der Waals surface area contributed by atoms with E-state index in [-0.39, 0.29) is 5.41 Å². The molecule has 0 amide bonds. The van der Waals surface area contributed by atoms with Gasteiger partial charge in [0.1, 0.15) is 11.2 Å². The van der Waals surface area contributed by atoms with Crippen molar-refractivity contribution >= 4 is 127 Å². The van der Waals surface area contributed by atoms with E-state index >= 15 is 0 Å². The fourth-order valence-electron chi connectivity index (χ4n) is 12.0. The fraction of sp³-hybridized carbons (Fsp3) is 0.147. The molecule has 0 aliphatic rings. The van der Waals surface area contributed by atoms with Gasteiger partial charge in [0.15, 0.2) is 11.2 Å². The first-order valence-electron chi connectivity index (χ1n) is 25.8. The van der Waals surface area contributed by atoms with Crippen molar-refractivity contribution in [2.24, 2.45) is 0 Å². The molecule has 0 saturated heterocycles. The van der Waals surface area contributed by atoms with Crippen LogP contribution in [-0.2, 0) is 5.41 Å². The molecule has 0 unspecified atom stereocenters. The Morgan fingerprint density at radius 3 is 1.42 bits per heavy atom. The van der Waals surface area contributed by atoms with Crippen molar-refractivity contribution in [3.05, 3.63) is 211 Å². The normalized spacial score (nSPS) is 12.6. The zero-order chi connectivity index (χ0) is 49.4. The quantitative estimate of drug-likeness (QED) is 0.152. The Labute approximate surface area is 424 Å². The molecule has 14 rings (SSSR count). The smallest absolute Gasteiger partial charge is 0.159 e. The Hall–Kier alpha value is -8.54. The minimum atomic E-state index is -0.0547. The third kappa shape index (κ3) is 6.47. The van der Waals surface area contributed by atoms with Crippen LogP contribution in [-0.4, -0.2) is 4.40 Å². The van der Waals surface area contributed by atoms with Crippen LogP contribution in [0.25, 0.3) is 92.7 Å². The van der Waals surface area contributed by atoms with Crippen LogP contribution in [0.1, 0.15) is 77.0 Å². The Morgan fingerprint density at radius 1 is 0.384 bits per heavy atom. The summed E-state index contributed by atoms with van der Waals surface area (Å²) >= 11 is 0. The van der Waals surface area contributed by atoms with Gasteiger partial charge in [-0.05, 0) is 118 Å². The van der Waals surface area contributed by atoms with Crippen molar-refractivity contribution in [1.29, 1.82) is 0 Å². The molecule has 10 aromatic carbocycles. The Morgan fingerprint density at radius 2 is 0.877 bits per heavy atom. The molecule has 5 nitrogen and oxygen atoms in total. The lowest BCUT2D eigenvalue weighted by atomic mass is 9.86. The summed E-state index contributed by atoms with van der Waals surface area (Å²) in [5.74, 6) is 0.650. The van der Waals surface area contributed by atoms with Crippen LogP contribution in [0.3, 0.4) is 0 Å². The van der Waals surface area contributed by atoms with Gasteiger partial charge in [-0.1, -0.05) is 170 Å². The molecule has 4 aromatic heterocycles. The number of benzene rings is 10. The fourth-order valence-corrected chi connectivity index (χ4v) is 12.0. The molecule has 0 aliphatic heterocycles. The first-order valence-corrected chi connectivity index (χ1v) is 25.8. The summed E-state index contributed by atoms with van der Waals surface area (Å²) in [6.07, 6.45) is 0.